The van der Waals surface area contributed by atoms with Crippen LogP contribution in [-0.4, -0.2) is 45.8 Å². The highest BCUT2D eigenvalue weighted by Crippen LogP contribution is 2.18. The Balaban J connectivity index is 3.07. The van der Waals surface area contributed by atoms with Crippen molar-refractivity contribution in [1.82, 2.24) is 4.90 Å². The van der Waals surface area contributed by atoms with Crippen LogP contribution in [0.5, 0.6) is 0 Å². The molecule has 1 amide bonds. The van der Waals surface area contributed by atoms with Gasteiger partial charge in [0.25, 0.3) is 5.91 Å². The lowest BCUT2D eigenvalue weighted by Crippen LogP contribution is -2.52. The Bertz CT molecular complexity index is 446. The Morgan fingerprint density at radius 1 is 1.47 bits per heavy atom. The Hall–Kier alpha value is -1.46. The number of hydrogen-bond acceptors (Lipinski definition) is 3. The van der Waals surface area contributed by atoms with Crippen molar-refractivity contribution in [2.45, 2.75) is 32.4 Å². The molecule has 0 saturated heterocycles. The van der Waals surface area contributed by atoms with Crippen molar-refractivity contribution in [3.05, 3.63) is 35.6 Å². The van der Waals surface area contributed by atoms with Crippen molar-refractivity contribution < 1.29 is 19.4 Å². The van der Waals surface area contributed by atoms with Crippen LogP contribution in [0.1, 0.15) is 31.1 Å². The van der Waals surface area contributed by atoms with E-state index in [0.29, 0.717) is 0 Å². The van der Waals surface area contributed by atoms with E-state index in [1.807, 2.05) is 0 Å². The van der Waals surface area contributed by atoms with E-state index in [4.69, 9.17) is 0 Å². The fraction of sp³-hybridized carbons (Fsp3) is 0.500. The lowest BCUT2D eigenvalue weighted by Gasteiger charge is -2.38. The molecular formula is C14H20FNO3. The molecule has 2 N–H and O–H groups in total. The molecule has 106 valence electrons. The molecular weight excluding hydrogens is 249 g/mol. The maximum Gasteiger partial charge on any atom is 0.254 e. The molecule has 0 aromatic heterocycles. The summed E-state index contributed by atoms with van der Waals surface area (Å²) in [5.41, 5.74) is -0.636. The molecule has 0 heterocycles. The standard InChI is InChI=1S/C14H20FNO3/c1-10(18)8-16(14(2,3)9-17)13(19)11-5-4-6-12(15)7-11/h4-7,10,17-18H,8-9H2,1-3H3. The lowest BCUT2D eigenvalue weighted by molar-refractivity contribution is 0.0193. The second-order valence-electron chi connectivity index (χ2n) is 5.25. The Morgan fingerprint density at radius 2 is 2.11 bits per heavy atom. The van der Waals surface area contributed by atoms with Crippen LogP contribution in [0.2, 0.25) is 0 Å². The Kier molecular flexibility index (Phi) is 5.03. The van der Waals surface area contributed by atoms with E-state index < -0.39 is 23.4 Å². The van der Waals surface area contributed by atoms with Crippen molar-refractivity contribution in [1.29, 1.82) is 0 Å². The van der Waals surface area contributed by atoms with Gasteiger partial charge in [-0.2, -0.15) is 0 Å². The van der Waals surface area contributed by atoms with E-state index in [0.717, 1.165) is 6.07 Å². The summed E-state index contributed by atoms with van der Waals surface area (Å²) >= 11 is 0. The van der Waals surface area contributed by atoms with Crippen LogP contribution in [0.15, 0.2) is 24.3 Å². The number of benzene rings is 1. The Morgan fingerprint density at radius 3 is 2.58 bits per heavy atom. The second kappa shape index (κ2) is 6.12. The first-order valence-electron chi connectivity index (χ1n) is 6.14. The van der Waals surface area contributed by atoms with Crippen molar-refractivity contribution in [3.63, 3.8) is 0 Å². The summed E-state index contributed by atoms with van der Waals surface area (Å²) < 4.78 is 13.2. The van der Waals surface area contributed by atoms with Gasteiger partial charge >= 0.3 is 0 Å². The third-order valence-electron chi connectivity index (χ3n) is 2.88. The first-order chi connectivity index (χ1) is 8.77. The highest BCUT2D eigenvalue weighted by molar-refractivity contribution is 5.94. The highest BCUT2D eigenvalue weighted by atomic mass is 19.1. The van der Waals surface area contributed by atoms with Gasteiger partial charge in [0.15, 0.2) is 0 Å². The number of aliphatic hydroxyl groups is 2. The van der Waals surface area contributed by atoms with Crippen LogP contribution in [0.3, 0.4) is 0 Å². The zero-order valence-electron chi connectivity index (χ0n) is 11.4. The molecule has 0 aliphatic rings. The van der Waals surface area contributed by atoms with Crippen LogP contribution in [-0.2, 0) is 0 Å². The second-order valence-corrected chi connectivity index (χ2v) is 5.25. The molecule has 1 atom stereocenters. The third kappa shape index (κ3) is 4.01. The van der Waals surface area contributed by atoms with Gasteiger partial charge in [0, 0.05) is 12.1 Å². The molecule has 1 aromatic carbocycles. The van der Waals surface area contributed by atoms with E-state index in [9.17, 15) is 19.4 Å². The third-order valence-corrected chi connectivity index (χ3v) is 2.88. The summed E-state index contributed by atoms with van der Waals surface area (Å²) in [4.78, 5) is 13.7. The average Bonchev–Trinajstić information content (AvgIpc) is 2.34. The zero-order valence-corrected chi connectivity index (χ0v) is 11.4. The monoisotopic (exact) mass is 269 g/mol. The Labute approximate surface area is 112 Å². The van der Waals surface area contributed by atoms with Crippen LogP contribution in [0.25, 0.3) is 0 Å². The van der Waals surface area contributed by atoms with Gasteiger partial charge in [-0.1, -0.05) is 6.07 Å². The van der Waals surface area contributed by atoms with E-state index in [1.54, 1.807) is 20.8 Å². The van der Waals surface area contributed by atoms with E-state index in [1.165, 1.54) is 23.1 Å². The van der Waals surface area contributed by atoms with E-state index in [2.05, 4.69) is 0 Å². The highest BCUT2D eigenvalue weighted by Gasteiger charge is 2.31. The maximum atomic E-state index is 13.2. The molecule has 0 bridgehead atoms. The average molecular weight is 269 g/mol. The van der Waals surface area contributed by atoms with Gasteiger partial charge < -0.3 is 15.1 Å². The van der Waals surface area contributed by atoms with Crippen molar-refractivity contribution in [2.24, 2.45) is 0 Å². The molecule has 5 heteroatoms. The molecule has 0 spiro atoms. The number of hydrogen-bond donors (Lipinski definition) is 2. The number of carbonyl (C=O) groups excluding carboxylic acids is 1. The summed E-state index contributed by atoms with van der Waals surface area (Å²) in [6, 6.07) is 5.36. The quantitative estimate of drug-likeness (QED) is 0.850. The molecule has 0 aliphatic heterocycles. The summed E-state index contributed by atoms with van der Waals surface area (Å²) in [7, 11) is 0. The lowest BCUT2D eigenvalue weighted by atomic mass is 10.0. The van der Waals surface area contributed by atoms with Crippen molar-refractivity contribution in [2.75, 3.05) is 13.2 Å². The fourth-order valence-electron chi connectivity index (χ4n) is 1.73. The fourth-order valence-corrected chi connectivity index (χ4v) is 1.73. The normalized spacial score (nSPS) is 13.2. The number of nitrogens with zero attached hydrogens (tertiary/aromatic N) is 1. The molecule has 0 fully saturated rings. The SMILES string of the molecule is CC(O)CN(C(=O)c1cccc(F)c1)C(C)(C)CO. The predicted octanol–water partition coefficient (Wildman–Crippen LogP) is 1.42. The molecule has 1 rings (SSSR count). The summed E-state index contributed by atoms with van der Waals surface area (Å²) in [6.07, 6.45) is -0.733. The molecule has 4 nitrogen and oxygen atoms in total. The van der Waals surface area contributed by atoms with E-state index >= 15 is 0 Å². The van der Waals surface area contributed by atoms with Gasteiger partial charge in [-0.05, 0) is 39.0 Å². The van der Waals surface area contributed by atoms with Crippen molar-refractivity contribution in [3.8, 4) is 0 Å². The van der Waals surface area contributed by atoms with Crippen molar-refractivity contribution >= 4 is 5.91 Å². The van der Waals surface area contributed by atoms with Gasteiger partial charge in [-0.15, -0.1) is 0 Å². The zero-order chi connectivity index (χ0) is 14.6. The first kappa shape index (κ1) is 15.6. The molecule has 0 saturated carbocycles. The number of rotatable bonds is 5. The molecule has 1 unspecified atom stereocenters. The predicted molar refractivity (Wildman–Crippen MR) is 70.3 cm³/mol. The minimum Gasteiger partial charge on any atom is -0.394 e. The van der Waals surface area contributed by atoms with Gasteiger partial charge in [0.2, 0.25) is 0 Å². The number of β-amino-alcohol motifs (C(OH)–C–C–N with tert-alkyl or cyclic N) is 1. The molecule has 19 heavy (non-hydrogen) atoms. The van der Waals surface area contributed by atoms with Crippen LogP contribution in [0, 0.1) is 5.82 Å². The van der Waals surface area contributed by atoms with Crippen LogP contribution >= 0.6 is 0 Å². The smallest absolute Gasteiger partial charge is 0.254 e. The minimum absolute atomic E-state index is 0.0723. The van der Waals surface area contributed by atoms with Crippen LogP contribution in [0.4, 0.5) is 4.39 Å². The summed E-state index contributed by atoms with van der Waals surface area (Å²) in [5, 5.41) is 18.9. The minimum atomic E-state index is -0.833. The van der Waals surface area contributed by atoms with Gasteiger partial charge in [-0.3, -0.25) is 4.79 Å². The van der Waals surface area contributed by atoms with Crippen LogP contribution < -0.4 is 0 Å². The van der Waals surface area contributed by atoms with Gasteiger partial charge in [0.05, 0.1) is 18.2 Å². The van der Waals surface area contributed by atoms with Gasteiger partial charge in [-0.25, -0.2) is 4.39 Å². The summed E-state index contributed by atoms with van der Waals surface area (Å²) in [5.74, 6) is -0.913. The summed E-state index contributed by atoms with van der Waals surface area (Å²) in [6.45, 7) is 4.75. The van der Waals surface area contributed by atoms with E-state index in [-0.39, 0.29) is 18.7 Å². The number of amides is 1. The number of aliphatic hydroxyl groups excluding tert-OH is 2. The maximum absolute atomic E-state index is 13.2. The molecule has 0 aliphatic carbocycles. The number of halogens is 1. The molecule has 1 aromatic rings. The molecule has 0 radical (unpaired) electrons. The largest absolute Gasteiger partial charge is 0.394 e. The topological polar surface area (TPSA) is 60.8 Å². The number of carbonyl (C=O) groups is 1. The van der Waals surface area contributed by atoms with Gasteiger partial charge in [0.1, 0.15) is 5.82 Å². The first-order valence-corrected chi connectivity index (χ1v) is 6.14.